The van der Waals surface area contributed by atoms with Gasteiger partial charge in [0.1, 0.15) is 5.75 Å². The molecule has 3 aromatic rings. The summed E-state index contributed by atoms with van der Waals surface area (Å²) in [6.45, 7) is 1.46. The monoisotopic (exact) mass is 578 g/mol. The van der Waals surface area contributed by atoms with E-state index in [1.165, 1.54) is 18.1 Å². The van der Waals surface area contributed by atoms with Gasteiger partial charge in [0.2, 0.25) is 0 Å². The molecule has 0 saturated carbocycles. The van der Waals surface area contributed by atoms with Gasteiger partial charge in [-0.05, 0) is 30.2 Å². The van der Waals surface area contributed by atoms with Crippen LogP contribution in [0.15, 0.2) is 84.9 Å². The number of alkyl halides is 9. The first kappa shape index (κ1) is 32.2. The molecule has 0 radical (unpaired) electrons. The van der Waals surface area contributed by atoms with E-state index in [1.54, 1.807) is 0 Å². The van der Waals surface area contributed by atoms with Crippen LogP contribution in [0.1, 0.15) is 5.56 Å². The number of benzene rings is 3. The zero-order valence-electron chi connectivity index (χ0n) is 18.6. The van der Waals surface area contributed by atoms with Gasteiger partial charge in [-0.3, -0.25) is 0 Å². The molecule has 0 aromatic heterocycles. The molecule has 0 saturated heterocycles. The molecule has 37 heavy (non-hydrogen) atoms. The standard InChI is InChI=1S/C12H10.C11H7F9O3S.H2S/c1-3-7-11(8-4-1)12-9-5-2-6-10-12;1-6-2-4-7(5-3-6)23-24(21,22)11(19,20)9(14,15)8(12,13)10(16,17)18;/h1-10H;2-5H,1H3;1H2. The maximum absolute atomic E-state index is 13.3. The molecule has 14 heteroatoms. The minimum absolute atomic E-state index is 0. The Balaban J connectivity index is 0.000000438. The highest BCUT2D eigenvalue weighted by atomic mass is 32.2. The molecule has 3 aromatic carbocycles. The molecule has 0 unspecified atom stereocenters. The Hall–Kier alpha value is -2.87. The van der Waals surface area contributed by atoms with Crippen molar-refractivity contribution in [2.45, 2.75) is 30.2 Å². The lowest BCUT2D eigenvalue weighted by Crippen LogP contribution is -2.63. The SMILES string of the molecule is Cc1ccc(OS(=O)(=O)C(F)(F)C(F)(F)C(F)(F)C(F)(F)F)cc1.S.c1ccc(-c2ccccc2)cc1. The molecule has 0 heterocycles. The first-order chi connectivity index (χ1) is 16.4. The largest absolute Gasteiger partial charge is 0.460 e. The van der Waals surface area contributed by atoms with Crippen molar-refractivity contribution in [3.63, 3.8) is 0 Å². The summed E-state index contributed by atoms with van der Waals surface area (Å²) in [7, 11) is -6.89. The van der Waals surface area contributed by atoms with E-state index >= 15 is 0 Å². The second-order valence-corrected chi connectivity index (χ2v) is 8.83. The zero-order valence-corrected chi connectivity index (χ0v) is 20.4. The third kappa shape index (κ3) is 6.92. The lowest BCUT2D eigenvalue weighted by Gasteiger charge is -2.32. The van der Waals surface area contributed by atoms with Crippen molar-refractivity contribution in [2.75, 3.05) is 0 Å². The third-order valence-corrected chi connectivity index (χ3v) is 5.83. The van der Waals surface area contributed by atoms with Crippen LogP contribution >= 0.6 is 13.5 Å². The van der Waals surface area contributed by atoms with E-state index in [0.29, 0.717) is 17.7 Å². The molecule has 0 amide bonds. The van der Waals surface area contributed by atoms with Gasteiger partial charge in [-0.1, -0.05) is 78.4 Å². The summed E-state index contributed by atoms with van der Waals surface area (Å²) in [5.41, 5.74) is 3.01. The van der Waals surface area contributed by atoms with Crippen molar-refractivity contribution in [3.05, 3.63) is 90.5 Å². The summed E-state index contributed by atoms with van der Waals surface area (Å²) in [6.07, 6.45) is -7.13. The predicted octanol–water partition coefficient (Wildman–Crippen LogP) is 7.60. The second-order valence-electron chi connectivity index (χ2n) is 7.25. The van der Waals surface area contributed by atoms with Crippen LogP contribution in [0.5, 0.6) is 5.75 Å². The smallest absolute Gasteiger partial charge is 0.378 e. The molecule has 0 aliphatic carbocycles. The Morgan fingerprint density at radius 1 is 0.595 bits per heavy atom. The van der Waals surface area contributed by atoms with Gasteiger partial charge in [-0.2, -0.15) is 61.4 Å². The first-order valence-electron chi connectivity index (χ1n) is 9.75. The molecule has 0 aliphatic heterocycles. The highest BCUT2D eigenvalue weighted by Gasteiger charge is 2.86. The van der Waals surface area contributed by atoms with E-state index in [1.807, 2.05) is 12.1 Å². The molecule has 0 spiro atoms. The quantitative estimate of drug-likeness (QED) is 0.224. The Morgan fingerprint density at radius 2 is 0.973 bits per heavy atom. The summed E-state index contributed by atoms with van der Waals surface area (Å²) >= 11 is 0. The predicted molar refractivity (Wildman–Crippen MR) is 124 cm³/mol. The van der Waals surface area contributed by atoms with Crippen LogP contribution in [0.3, 0.4) is 0 Å². The van der Waals surface area contributed by atoms with Gasteiger partial charge in [-0.25, -0.2) is 0 Å². The number of rotatable bonds is 6. The van der Waals surface area contributed by atoms with Crippen LogP contribution in [0.25, 0.3) is 11.1 Å². The molecule has 204 valence electrons. The fraction of sp³-hybridized carbons (Fsp3) is 0.217. The van der Waals surface area contributed by atoms with Crippen LogP contribution in [-0.2, 0) is 10.1 Å². The van der Waals surface area contributed by atoms with Crippen LogP contribution < -0.4 is 4.18 Å². The molecule has 0 N–H and O–H groups in total. The Bertz CT molecular complexity index is 1190. The van der Waals surface area contributed by atoms with E-state index < -0.39 is 39.1 Å². The van der Waals surface area contributed by atoms with Gasteiger partial charge >= 0.3 is 33.4 Å². The highest BCUT2D eigenvalue weighted by molar-refractivity contribution is 7.88. The molecular formula is C23H19F9O3S2. The summed E-state index contributed by atoms with van der Waals surface area (Å²) < 4.78 is 140. The van der Waals surface area contributed by atoms with Crippen LogP contribution in [0.2, 0.25) is 0 Å². The normalized spacial score (nSPS) is 12.6. The lowest BCUT2D eigenvalue weighted by atomic mass is 10.1. The van der Waals surface area contributed by atoms with E-state index in [-0.39, 0.29) is 13.5 Å². The van der Waals surface area contributed by atoms with Crippen molar-refractivity contribution in [2.24, 2.45) is 0 Å². The summed E-state index contributed by atoms with van der Waals surface area (Å²) in [4.78, 5) is 0. The minimum atomic E-state index is -7.33. The molecule has 0 atom stereocenters. The molecule has 3 rings (SSSR count). The van der Waals surface area contributed by atoms with Gasteiger partial charge in [0.25, 0.3) is 0 Å². The van der Waals surface area contributed by atoms with Crippen molar-refractivity contribution in [1.82, 2.24) is 0 Å². The van der Waals surface area contributed by atoms with E-state index in [0.717, 1.165) is 12.1 Å². The first-order valence-corrected chi connectivity index (χ1v) is 11.2. The van der Waals surface area contributed by atoms with Gasteiger partial charge in [0.15, 0.2) is 0 Å². The zero-order chi connectivity index (χ0) is 27.4. The fourth-order valence-electron chi connectivity index (χ4n) is 2.55. The summed E-state index contributed by atoms with van der Waals surface area (Å²) in [6, 6.07) is 24.4. The fourth-order valence-corrected chi connectivity index (χ4v) is 3.46. The van der Waals surface area contributed by atoms with Crippen LogP contribution in [0.4, 0.5) is 39.5 Å². The van der Waals surface area contributed by atoms with Gasteiger partial charge in [0.05, 0.1) is 0 Å². The highest BCUT2D eigenvalue weighted by Crippen LogP contribution is 2.54. The lowest BCUT2D eigenvalue weighted by molar-refractivity contribution is -0.382. The van der Waals surface area contributed by atoms with Crippen molar-refractivity contribution < 1.29 is 52.1 Å². The average molecular weight is 579 g/mol. The van der Waals surface area contributed by atoms with E-state index in [9.17, 15) is 47.9 Å². The maximum Gasteiger partial charge on any atom is 0.460 e. The Labute approximate surface area is 213 Å². The summed E-state index contributed by atoms with van der Waals surface area (Å²) in [5.74, 6) is -15.6. The molecule has 0 bridgehead atoms. The average Bonchev–Trinajstić information content (AvgIpc) is 2.81. The second kappa shape index (κ2) is 11.7. The van der Waals surface area contributed by atoms with Crippen LogP contribution in [0, 0.1) is 6.92 Å². The Morgan fingerprint density at radius 3 is 1.32 bits per heavy atom. The van der Waals surface area contributed by atoms with E-state index in [4.69, 9.17) is 0 Å². The number of hydrogen-bond donors (Lipinski definition) is 0. The molecule has 0 aliphatic rings. The maximum atomic E-state index is 13.3. The topological polar surface area (TPSA) is 43.4 Å². The molecular weight excluding hydrogens is 559 g/mol. The number of halogens is 9. The number of hydrogen-bond acceptors (Lipinski definition) is 3. The van der Waals surface area contributed by atoms with Crippen molar-refractivity contribution in [1.29, 1.82) is 0 Å². The number of aryl methyl sites for hydroxylation is 1. The van der Waals surface area contributed by atoms with Crippen molar-refractivity contribution in [3.8, 4) is 16.9 Å². The molecule has 3 nitrogen and oxygen atoms in total. The minimum Gasteiger partial charge on any atom is -0.378 e. The van der Waals surface area contributed by atoms with Gasteiger partial charge in [-0.15, -0.1) is 0 Å². The van der Waals surface area contributed by atoms with Crippen LogP contribution in [-0.4, -0.2) is 31.7 Å². The van der Waals surface area contributed by atoms with Gasteiger partial charge in [0, 0.05) is 0 Å². The van der Waals surface area contributed by atoms with Crippen molar-refractivity contribution >= 4 is 23.6 Å². The van der Waals surface area contributed by atoms with Gasteiger partial charge < -0.3 is 4.18 Å². The third-order valence-electron chi connectivity index (χ3n) is 4.54. The Kier molecular flexibility index (Phi) is 10.1. The molecule has 0 fully saturated rings. The van der Waals surface area contributed by atoms with E-state index in [2.05, 4.69) is 52.7 Å². The summed E-state index contributed by atoms with van der Waals surface area (Å²) in [5, 5.41) is -6.87.